The predicted octanol–water partition coefficient (Wildman–Crippen LogP) is 0.840. The van der Waals surface area contributed by atoms with E-state index in [1.807, 2.05) is 0 Å². The van der Waals surface area contributed by atoms with E-state index in [4.69, 9.17) is 0 Å². The zero-order valence-electron chi connectivity index (χ0n) is 8.32. The molecule has 0 bridgehead atoms. The van der Waals surface area contributed by atoms with Crippen LogP contribution < -0.4 is 10.6 Å². The minimum atomic E-state index is -0.235. The van der Waals surface area contributed by atoms with E-state index in [9.17, 15) is 9.59 Å². The Labute approximate surface area is 87.4 Å². The summed E-state index contributed by atoms with van der Waals surface area (Å²) in [6.45, 7) is 0.00529. The van der Waals surface area contributed by atoms with E-state index >= 15 is 0 Å². The molecular formula is C10H12N2O3. The smallest absolute Gasteiger partial charge is 0.250 e. The second kappa shape index (κ2) is 5.77. The lowest BCUT2D eigenvalue weighted by Crippen LogP contribution is -2.17. The largest absolute Gasteiger partial charge is 0.375 e. The van der Waals surface area contributed by atoms with Gasteiger partial charge in [0, 0.05) is 18.5 Å². The number of hydrogen-bond donors (Lipinski definition) is 2. The molecule has 0 aliphatic rings. The topological polar surface area (TPSA) is 67.4 Å². The van der Waals surface area contributed by atoms with Gasteiger partial charge in [-0.1, -0.05) is 6.07 Å². The van der Waals surface area contributed by atoms with Gasteiger partial charge in [0.2, 0.25) is 12.3 Å². The summed E-state index contributed by atoms with van der Waals surface area (Å²) in [6.07, 6.45) is 0.579. The highest BCUT2D eigenvalue weighted by molar-refractivity contribution is 5.92. The molecule has 0 radical (unpaired) electrons. The molecule has 0 aliphatic carbocycles. The van der Waals surface area contributed by atoms with E-state index in [-0.39, 0.29) is 12.5 Å². The Balaban J connectivity index is 2.64. The first kappa shape index (κ1) is 11.2. The van der Waals surface area contributed by atoms with Gasteiger partial charge in [-0.15, -0.1) is 0 Å². The number of ether oxygens (including phenoxy) is 1. The summed E-state index contributed by atoms with van der Waals surface area (Å²) < 4.78 is 4.67. The summed E-state index contributed by atoms with van der Waals surface area (Å²) >= 11 is 0. The fraction of sp³-hybridized carbons (Fsp3) is 0.200. The number of anilines is 2. The van der Waals surface area contributed by atoms with Gasteiger partial charge in [-0.25, -0.2) is 0 Å². The SMILES string of the molecule is COCC(=O)Nc1cccc(NC=O)c1. The number of carbonyl (C=O) groups is 2. The number of benzene rings is 1. The third kappa shape index (κ3) is 3.78. The summed E-state index contributed by atoms with van der Waals surface area (Å²) in [5.74, 6) is -0.235. The molecule has 2 amide bonds. The first-order valence-electron chi connectivity index (χ1n) is 4.35. The maximum atomic E-state index is 11.2. The zero-order valence-corrected chi connectivity index (χ0v) is 8.32. The van der Waals surface area contributed by atoms with E-state index < -0.39 is 0 Å². The number of hydrogen-bond acceptors (Lipinski definition) is 3. The maximum absolute atomic E-state index is 11.2. The van der Waals surface area contributed by atoms with Crippen molar-refractivity contribution in [1.82, 2.24) is 0 Å². The summed E-state index contributed by atoms with van der Waals surface area (Å²) in [6, 6.07) is 6.83. The number of methoxy groups -OCH3 is 1. The van der Waals surface area contributed by atoms with Gasteiger partial charge in [0.05, 0.1) is 0 Å². The average molecular weight is 208 g/mol. The van der Waals surface area contributed by atoms with Crippen molar-refractivity contribution in [3.8, 4) is 0 Å². The van der Waals surface area contributed by atoms with Crippen molar-refractivity contribution in [3.63, 3.8) is 0 Å². The Morgan fingerprint density at radius 1 is 1.47 bits per heavy atom. The van der Waals surface area contributed by atoms with Gasteiger partial charge in [0.1, 0.15) is 6.61 Å². The quantitative estimate of drug-likeness (QED) is 0.704. The molecule has 2 N–H and O–H groups in total. The summed E-state index contributed by atoms with van der Waals surface area (Å²) in [7, 11) is 1.45. The Kier molecular flexibility index (Phi) is 4.30. The normalized spacial score (nSPS) is 9.40. The molecule has 0 aromatic heterocycles. The molecular weight excluding hydrogens is 196 g/mol. The fourth-order valence-electron chi connectivity index (χ4n) is 1.08. The van der Waals surface area contributed by atoms with Crippen LogP contribution >= 0.6 is 0 Å². The highest BCUT2D eigenvalue weighted by Gasteiger charge is 2.01. The molecule has 0 spiro atoms. The number of amides is 2. The molecule has 1 rings (SSSR count). The molecule has 0 fully saturated rings. The first-order chi connectivity index (χ1) is 7.26. The van der Waals surface area contributed by atoms with Crippen LogP contribution in [0.25, 0.3) is 0 Å². The molecule has 0 aliphatic heterocycles. The molecule has 1 aromatic rings. The highest BCUT2D eigenvalue weighted by Crippen LogP contribution is 2.14. The summed E-state index contributed by atoms with van der Waals surface area (Å²) in [5, 5.41) is 5.11. The average Bonchev–Trinajstić information content (AvgIpc) is 2.19. The van der Waals surface area contributed by atoms with Gasteiger partial charge >= 0.3 is 0 Å². The van der Waals surface area contributed by atoms with E-state index in [2.05, 4.69) is 15.4 Å². The molecule has 0 saturated carbocycles. The van der Waals surface area contributed by atoms with Gasteiger partial charge in [-0.3, -0.25) is 9.59 Å². The molecule has 0 unspecified atom stereocenters. The third-order valence-electron chi connectivity index (χ3n) is 1.65. The van der Waals surface area contributed by atoms with Crippen LogP contribution in [0.3, 0.4) is 0 Å². The number of carbonyl (C=O) groups excluding carboxylic acids is 2. The Morgan fingerprint density at radius 3 is 2.87 bits per heavy atom. The lowest BCUT2D eigenvalue weighted by atomic mass is 10.3. The van der Waals surface area contributed by atoms with E-state index in [1.54, 1.807) is 24.3 Å². The lowest BCUT2D eigenvalue weighted by Gasteiger charge is -2.05. The number of nitrogens with one attached hydrogen (secondary N) is 2. The molecule has 1 aromatic carbocycles. The van der Waals surface area contributed by atoms with Crippen LogP contribution in [0.4, 0.5) is 11.4 Å². The molecule has 5 heteroatoms. The predicted molar refractivity (Wildman–Crippen MR) is 56.6 cm³/mol. The van der Waals surface area contributed by atoms with Crippen LogP contribution in [0.1, 0.15) is 0 Å². The summed E-state index contributed by atoms with van der Waals surface area (Å²) in [4.78, 5) is 21.3. The van der Waals surface area contributed by atoms with E-state index in [0.717, 1.165) is 0 Å². The maximum Gasteiger partial charge on any atom is 0.250 e. The van der Waals surface area contributed by atoms with Crippen LogP contribution in [0.15, 0.2) is 24.3 Å². The monoisotopic (exact) mass is 208 g/mol. The van der Waals surface area contributed by atoms with Gasteiger partial charge in [0.15, 0.2) is 0 Å². The van der Waals surface area contributed by atoms with Crippen molar-refractivity contribution in [2.45, 2.75) is 0 Å². The van der Waals surface area contributed by atoms with Crippen molar-refractivity contribution < 1.29 is 14.3 Å². The van der Waals surface area contributed by atoms with E-state index in [0.29, 0.717) is 17.8 Å². The van der Waals surface area contributed by atoms with Crippen LogP contribution in [0, 0.1) is 0 Å². The molecule has 5 nitrogen and oxygen atoms in total. The van der Waals surface area contributed by atoms with Gasteiger partial charge in [0.25, 0.3) is 0 Å². The van der Waals surface area contributed by atoms with Crippen LogP contribution in [0.2, 0.25) is 0 Å². The highest BCUT2D eigenvalue weighted by atomic mass is 16.5. The van der Waals surface area contributed by atoms with Crippen molar-refractivity contribution >= 4 is 23.7 Å². The molecule has 15 heavy (non-hydrogen) atoms. The van der Waals surface area contributed by atoms with Gasteiger partial charge in [-0.05, 0) is 18.2 Å². The molecule has 0 heterocycles. The molecule has 0 saturated heterocycles. The van der Waals surface area contributed by atoms with Crippen molar-refractivity contribution in [3.05, 3.63) is 24.3 Å². The fourth-order valence-corrected chi connectivity index (χ4v) is 1.08. The number of rotatable bonds is 5. The zero-order chi connectivity index (χ0) is 11.1. The molecule has 80 valence electrons. The summed E-state index contributed by atoms with van der Waals surface area (Å²) in [5.41, 5.74) is 1.24. The second-order valence-corrected chi connectivity index (χ2v) is 2.82. The van der Waals surface area contributed by atoms with Crippen LogP contribution in [-0.2, 0) is 14.3 Å². The lowest BCUT2D eigenvalue weighted by molar-refractivity contribution is -0.119. The van der Waals surface area contributed by atoms with E-state index in [1.165, 1.54) is 7.11 Å². The first-order valence-corrected chi connectivity index (χ1v) is 4.35. The van der Waals surface area contributed by atoms with Crippen molar-refractivity contribution in [2.75, 3.05) is 24.4 Å². The van der Waals surface area contributed by atoms with Crippen LogP contribution in [-0.4, -0.2) is 26.0 Å². The third-order valence-corrected chi connectivity index (χ3v) is 1.65. The minimum absolute atomic E-state index is 0.00529. The minimum Gasteiger partial charge on any atom is -0.375 e. The second-order valence-electron chi connectivity index (χ2n) is 2.82. The molecule has 0 atom stereocenters. The van der Waals surface area contributed by atoms with Gasteiger partial charge < -0.3 is 15.4 Å². The van der Waals surface area contributed by atoms with Gasteiger partial charge in [-0.2, -0.15) is 0 Å². The standard InChI is InChI=1S/C10H12N2O3/c1-15-6-10(14)12-9-4-2-3-8(5-9)11-7-13/h2-5,7H,6H2,1H3,(H,11,13)(H,12,14). The Hall–Kier alpha value is -1.88. The van der Waals surface area contributed by atoms with Crippen molar-refractivity contribution in [1.29, 1.82) is 0 Å². The van der Waals surface area contributed by atoms with Crippen LogP contribution in [0.5, 0.6) is 0 Å². The Bertz CT molecular complexity index is 352. The Morgan fingerprint density at radius 2 is 2.20 bits per heavy atom. The van der Waals surface area contributed by atoms with Crippen molar-refractivity contribution in [2.24, 2.45) is 0 Å².